The molecule has 9 heteroatoms. The minimum Gasteiger partial charge on any atom is -0.366 e. The van der Waals surface area contributed by atoms with Gasteiger partial charge in [-0.1, -0.05) is 0 Å². The van der Waals surface area contributed by atoms with Crippen molar-refractivity contribution in [3.63, 3.8) is 0 Å². The fraction of sp³-hybridized carbons (Fsp3) is 0.455. The quantitative estimate of drug-likeness (QED) is 0.485. The summed E-state index contributed by atoms with van der Waals surface area (Å²) in [6.07, 6.45) is 6.56. The number of nitriles is 1. The van der Waals surface area contributed by atoms with Crippen molar-refractivity contribution in [2.24, 2.45) is 0 Å². The lowest BCUT2D eigenvalue weighted by atomic mass is 9.97. The highest BCUT2D eigenvalue weighted by atomic mass is 16.1. The number of aryl methyl sites for hydroxylation is 1. The zero-order chi connectivity index (χ0) is 21.4. The predicted molar refractivity (Wildman–Crippen MR) is 119 cm³/mol. The van der Waals surface area contributed by atoms with Crippen molar-refractivity contribution in [1.29, 1.82) is 5.26 Å². The topological polar surface area (TPSA) is 126 Å². The lowest BCUT2D eigenvalue weighted by molar-refractivity contribution is 0.136. The average molecular weight is 419 g/mol. The molecule has 2 aliphatic heterocycles. The van der Waals surface area contributed by atoms with Crippen LogP contribution in [0.1, 0.15) is 37.8 Å². The van der Waals surface area contributed by atoms with E-state index < -0.39 is 0 Å². The van der Waals surface area contributed by atoms with Crippen molar-refractivity contribution in [2.45, 2.75) is 57.2 Å². The van der Waals surface area contributed by atoms with Gasteiger partial charge in [-0.15, -0.1) is 0 Å². The van der Waals surface area contributed by atoms with Gasteiger partial charge in [0, 0.05) is 61.2 Å². The lowest BCUT2D eigenvalue weighted by Crippen LogP contribution is -2.47. The second-order valence-corrected chi connectivity index (χ2v) is 8.53. The number of fused-ring (bicyclic) bond motifs is 3. The van der Waals surface area contributed by atoms with Gasteiger partial charge in [0.2, 0.25) is 0 Å². The number of aromatic nitrogens is 4. The molecule has 2 bridgehead atoms. The molecule has 160 valence electrons. The Morgan fingerprint density at radius 1 is 1.26 bits per heavy atom. The van der Waals surface area contributed by atoms with Crippen molar-refractivity contribution in [3.8, 4) is 6.07 Å². The highest BCUT2D eigenvalue weighted by Gasteiger charge is 2.40. The van der Waals surface area contributed by atoms with E-state index in [9.17, 15) is 4.79 Å². The van der Waals surface area contributed by atoms with Gasteiger partial charge in [-0.2, -0.15) is 10.4 Å². The Bertz CT molecular complexity index is 1180. The van der Waals surface area contributed by atoms with E-state index in [1.807, 2.05) is 19.1 Å². The zero-order valence-electron chi connectivity index (χ0n) is 17.5. The number of pyridine rings is 2. The molecule has 2 saturated heterocycles. The number of nitrogens with zero attached hydrogens (tertiary/aromatic N) is 4. The van der Waals surface area contributed by atoms with Crippen LogP contribution in [0.15, 0.2) is 29.2 Å². The molecule has 3 atom stereocenters. The summed E-state index contributed by atoms with van der Waals surface area (Å²) in [5.41, 5.74) is 1.63. The van der Waals surface area contributed by atoms with Crippen molar-refractivity contribution in [2.75, 3.05) is 17.2 Å². The van der Waals surface area contributed by atoms with E-state index in [1.165, 1.54) is 18.9 Å². The van der Waals surface area contributed by atoms with Crippen LogP contribution in [0.5, 0.6) is 0 Å². The minimum absolute atomic E-state index is 0.0552. The van der Waals surface area contributed by atoms with E-state index in [2.05, 4.69) is 36.8 Å². The van der Waals surface area contributed by atoms with Crippen molar-refractivity contribution >= 4 is 28.4 Å². The van der Waals surface area contributed by atoms with Gasteiger partial charge >= 0.3 is 0 Å². The SMILES string of the molecule is Cc1cc(Nc2cc3[nH]ccc(=O)c3c(NC3C[C@H]4CC[C@@H](C3)N4CCC#N)n2)n[nH]1. The zero-order valence-corrected chi connectivity index (χ0v) is 17.5. The molecular formula is C22H26N8O. The van der Waals surface area contributed by atoms with Crippen LogP contribution in [0, 0.1) is 18.3 Å². The third-order valence-electron chi connectivity index (χ3n) is 6.41. The molecule has 2 aliphatic rings. The van der Waals surface area contributed by atoms with Gasteiger partial charge in [-0.25, -0.2) is 4.98 Å². The molecule has 0 aliphatic carbocycles. The van der Waals surface area contributed by atoms with E-state index in [4.69, 9.17) is 10.2 Å². The van der Waals surface area contributed by atoms with Gasteiger partial charge in [0.25, 0.3) is 0 Å². The molecule has 1 unspecified atom stereocenters. The number of piperidine rings is 1. The highest BCUT2D eigenvalue weighted by molar-refractivity contribution is 5.91. The van der Waals surface area contributed by atoms with Gasteiger partial charge in [0.1, 0.15) is 11.6 Å². The van der Waals surface area contributed by atoms with Gasteiger partial charge in [-0.3, -0.25) is 14.8 Å². The van der Waals surface area contributed by atoms with Crippen LogP contribution in [-0.4, -0.2) is 49.7 Å². The molecule has 0 aromatic carbocycles. The molecule has 3 aromatic heterocycles. The van der Waals surface area contributed by atoms with Crippen LogP contribution >= 0.6 is 0 Å². The Kier molecular flexibility index (Phi) is 5.08. The molecule has 31 heavy (non-hydrogen) atoms. The molecule has 0 amide bonds. The number of aromatic amines is 2. The fourth-order valence-corrected chi connectivity index (χ4v) is 5.11. The first-order chi connectivity index (χ1) is 15.1. The molecule has 0 saturated carbocycles. The Hall–Kier alpha value is -3.38. The summed E-state index contributed by atoms with van der Waals surface area (Å²) in [4.78, 5) is 23.1. The molecule has 3 aromatic rings. The largest absolute Gasteiger partial charge is 0.366 e. The Morgan fingerprint density at radius 3 is 2.77 bits per heavy atom. The normalized spacial score (nSPS) is 23.0. The third-order valence-corrected chi connectivity index (χ3v) is 6.41. The summed E-state index contributed by atoms with van der Waals surface area (Å²) in [5.74, 6) is 1.90. The lowest BCUT2D eigenvalue weighted by Gasteiger charge is -2.39. The molecule has 9 nitrogen and oxygen atoms in total. The summed E-state index contributed by atoms with van der Waals surface area (Å²) >= 11 is 0. The number of H-pyrrole nitrogens is 2. The van der Waals surface area contributed by atoms with Crippen molar-refractivity contribution in [3.05, 3.63) is 40.3 Å². The van der Waals surface area contributed by atoms with Crippen LogP contribution in [0.25, 0.3) is 10.9 Å². The van der Waals surface area contributed by atoms with Crippen LogP contribution in [-0.2, 0) is 0 Å². The summed E-state index contributed by atoms with van der Waals surface area (Å²) in [6.45, 7) is 2.79. The van der Waals surface area contributed by atoms with Crippen molar-refractivity contribution < 1.29 is 0 Å². The maximum Gasteiger partial charge on any atom is 0.193 e. The average Bonchev–Trinajstić information content (AvgIpc) is 3.25. The van der Waals surface area contributed by atoms with Crippen LogP contribution in [0.2, 0.25) is 0 Å². The van der Waals surface area contributed by atoms with E-state index >= 15 is 0 Å². The molecule has 5 heterocycles. The first-order valence-corrected chi connectivity index (χ1v) is 10.8. The van der Waals surface area contributed by atoms with Gasteiger partial charge in [-0.05, 0) is 32.6 Å². The Labute approximate surface area is 179 Å². The number of anilines is 3. The third kappa shape index (κ3) is 3.86. The van der Waals surface area contributed by atoms with Crippen molar-refractivity contribution in [1.82, 2.24) is 25.1 Å². The smallest absolute Gasteiger partial charge is 0.193 e. The minimum atomic E-state index is -0.0552. The number of hydrogen-bond donors (Lipinski definition) is 4. The van der Waals surface area contributed by atoms with Crippen LogP contribution in [0.3, 0.4) is 0 Å². The molecular weight excluding hydrogens is 392 g/mol. The van der Waals surface area contributed by atoms with E-state index in [-0.39, 0.29) is 11.5 Å². The van der Waals surface area contributed by atoms with Crippen LogP contribution in [0.4, 0.5) is 17.5 Å². The van der Waals surface area contributed by atoms with Gasteiger partial charge in [0.05, 0.1) is 17.0 Å². The molecule has 5 rings (SSSR count). The van der Waals surface area contributed by atoms with E-state index in [0.29, 0.717) is 41.3 Å². The highest BCUT2D eigenvalue weighted by Crippen LogP contribution is 2.37. The molecule has 2 fully saturated rings. The predicted octanol–water partition coefficient (Wildman–Crippen LogP) is 3.02. The second kappa shape index (κ2) is 8.04. The van der Waals surface area contributed by atoms with Crippen LogP contribution < -0.4 is 16.1 Å². The van der Waals surface area contributed by atoms with E-state index in [0.717, 1.165) is 30.6 Å². The maximum atomic E-state index is 12.6. The Balaban J connectivity index is 1.42. The Morgan fingerprint density at radius 2 is 2.06 bits per heavy atom. The summed E-state index contributed by atoms with van der Waals surface area (Å²) < 4.78 is 0. The summed E-state index contributed by atoms with van der Waals surface area (Å²) in [6, 6.07) is 8.76. The second-order valence-electron chi connectivity index (χ2n) is 8.53. The number of nitrogens with one attached hydrogen (secondary N) is 4. The standard InChI is InChI=1S/C22H26N8O/c1-13-9-20(29-28-13)26-19-12-17-21(18(31)5-7-24-17)22(27-19)25-14-10-15-3-4-16(11-14)30(15)8-2-6-23/h5,7,9,12,14-16H,2-4,8,10-11H2,1H3,(H,24,31)(H3,25,26,27,28,29)/t14?,15-,16+. The van der Waals surface area contributed by atoms with Gasteiger partial charge < -0.3 is 15.6 Å². The molecule has 4 N–H and O–H groups in total. The summed E-state index contributed by atoms with van der Waals surface area (Å²) in [7, 11) is 0. The van der Waals surface area contributed by atoms with Gasteiger partial charge in [0.15, 0.2) is 11.2 Å². The van der Waals surface area contributed by atoms with E-state index in [1.54, 1.807) is 6.20 Å². The molecule has 0 spiro atoms. The number of rotatable bonds is 6. The monoisotopic (exact) mass is 418 g/mol. The summed E-state index contributed by atoms with van der Waals surface area (Å²) in [5, 5.41) is 23.5. The first-order valence-electron chi connectivity index (χ1n) is 10.8. The number of hydrogen-bond acceptors (Lipinski definition) is 7. The first kappa shape index (κ1) is 19.6. The molecule has 0 radical (unpaired) electrons. The maximum absolute atomic E-state index is 12.6. The fourth-order valence-electron chi connectivity index (χ4n) is 5.11.